The minimum Gasteiger partial charge on any atom is -0.480 e. The zero-order valence-electron chi connectivity index (χ0n) is 8.53. The second-order valence-corrected chi connectivity index (χ2v) is 4.35. The first kappa shape index (κ1) is 11.4. The van der Waals surface area contributed by atoms with Gasteiger partial charge >= 0.3 is 0 Å². The largest absolute Gasteiger partial charge is 0.480 e. The molecule has 0 radical (unpaired) electrons. The van der Waals surface area contributed by atoms with Crippen molar-refractivity contribution in [1.29, 1.82) is 0 Å². The van der Waals surface area contributed by atoms with Crippen molar-refractivity contribution in [2.45, 2.75) is 31.0 Å². The maximum absolute atomic E-state index is 5.12. The van der Waals surface area contributed by atoms with E-state index in [4.69, 9.17) is 4.74 Å². The van der Waals surface area contributed by atoms with E-state index in [2.05, 4.69) is 32.8 Å². The van der Waals surface area contributed by atoms with Crippen LogP contribution in [0.4, 0.5) is 0 Å². The van der Waals surface area contributed by atoms with Crippen LogP contribution >= 0.6 is 15.9 Å². The number of hydrogen-bond donors (Lipinski definition) is 0. The van der Waals surface area contributed by atoms with Crippen LogP contribution in [0.25, 0.3) is 0 Å². The van der Waals surface area contributed by atoms with E-state index in [0.717, 1.165) is 25.0 Å². The summed E-state index contributed by atoms with van der Waals surface area (Å²) in [5.74, 6) is 0.642. The highest BCUT2D eigenvalue weighted by atomic mass is 79.9. The van der Waals surface area contributed by atoms with Crippen molar-refractivity contribution in [2.75, 3.05) is 7.11 Å². The molecule has 0 fully saturated rings. The summed E-state index contributed by atoms with van der Waals surface area (Å²) in [6, 6.07) is 0. The van der Waals surface area contributed by atoms with E-state index in [1.807, 2.05) is 0 Å². The molecule has 0 bridgehead atoms. The monoisotopic (exact) mass is 258 g/mol. The fourth-order valence-electron chi connectivity index (χ4n) is 1.19. The molecule has 4 heteroatoms. The zero-order valence-corrected chi connectivity index (χ0v) is 10.1. The highest BCUT2D eigenvalue weighted by Gasteiger charge is 2.07. The van der Waals surface area contributed by atoms with Gasteiger partial charge in [0, 0.05) is 17.2 Å². The summed E-state index contributed by atoms with van der Waals surface area (Å²) in [6.07, 6.45) is 6.44. The molecular formula is C10H15BrN2O. The maximum Gasteiger partial charge on any atom is 0.235 e. The SMILES string of the molecule is CCC(Br)CCc1nccnc1OC. The molecule has 0 saturated heterocycles. The molecule has 0 spiro atoms. The van der Waals surface area contributed by atoms with Crippen molar-refractivity contribution >= 4 is 15.9 Å². The lowest BCUT2D eigenvalue weighted by atomic mass is 10.1. The smallest absolute Gasteiger partial charge is 0.235 e. The Balaban J connectivity index is 2.57. The van der Waals surface area contributed by atoms with E-state index in [1.54, 1.807) is 19.5 Å². The molecule has 1 unspecified atom stereocenters. The Morgan fingerprint density at radius 1 is 1.43 bits per heavy atom. The van der Waals surface area contributed by atoms with E-state index in [0.29, 0.717) is 10.7 Å². The van der Waals surface area contributed by atoms with Crippen LogP contribution < -0.4 is 4.74 Å². The van der Waals surface area contributed by atoms with Crippen molar-refractivity contribution in [3.05, 3.63) is 18.1 Å². The van der Waals surface area contributed by atoms with Gasteiger partial charge < -0.3 is 4.74 Å². The van der Waals surface area contributed by atoms with Gasteiger partial charge in [0.15, 0.2) is 0 Å². The summed E-state index contributed by atoms with van der Waals surface area (Å²) in [7, 11) is 1.62. The van der Waals surface area contributed by atoms with Crippen LogP contribution in [0.5, 0.6) is 5.88 Å². The molecule has 1 aromatic rings. The fourth-order valence-corrected chi connectivity index (χ4v) is 1.42. The first-order valence-electron chi connectivity index (χ1n) is 4.75. The van der Waals surface area contributed by atoms with E-state index in [1.165, 1.54) is 0 Å². The lowest BCUT2D eigenvalue weighted by Gasteiger charge is -2.07. The Bertz CT molecular complexity index is 281. The predicted molar refractivity (Wildman–Crippen MR) is 59.9 cm³/mol. The molecule has 0 amide bonds. The Labute approximate surface area is 93.0 Å². The fraction of sp³-hybridized carbons (Fsp3) is 0.600. The van der Waals surface area contributed by atoms with Gasteiger partial charge in [0.25, 0.3) is 0 Å². The molecule has 1 rings (SSSR count). The van der Waals surface area contributed by atoms with E-state index in [9.17, 15) is 0 Å². The first-order chi connectivity index (χ1) is 6.77. The van der Waals surface area contributed by atoms with Gasteiger partial charge in [-0.15, -0.1) is 0 Å². The molecule has 0 aliphatic rings. The van der Waals surface area contributed by atoms with Crippen LogP contribution in [0.3, 0.4) is 0 Å². The summed E-state index contributed by atoms with van der Waals surface area (Å²) < 4.78 is 5.12. The van der Waals surface area contributed by atoms with Gasteiger partial charge in [0.05, 0.1) is 7.11 Å². The van der Waals surface area contributed by atoms with Crippen LogP contribution in [0.15, 0.2) is 12.4 Å². The molecule has 0 saturated carbocycles. The molecule has 3 nitrogen and oxygen atoms in total. The molecule has 1 heterocycles. The number of ether oxygens (including phenoxy) is 1. The average molecular weight is 259 g/mol. The topological polar surface area (TPSA) is 35.0 Å². The van der Waals surface area contributed by atoms with Crippen LogP contribution in [-0.2, 0) is 6.42 Å². The lowest BCUT2D eigenvalue weighted by molar-refractivity contribution is 0.388. The summed E-state index contributed by atoms with van der Waals surface area (Å²) in [5, 5.41) is 0. The predicted octanol–water partition coefficient (Wildman–Crippen LogP) is 2.59. The first-order valence-corrected chi connectivity index (χ1v) is 5.67. The molecular weight excluding hydrogens is 244 g/mol. The Kier molecular flexibility index (Phi) is 4.87. The van der Waals surface area contributed by atoms with Gasteiger partial charge in [0.2, 0.25) is 5.88 Å². The highest BCUT2D eigenvalue weighted by molar-refractivity contribution is 9.09. The van der Waals surface area contributed by atoms with Gasteiger partial charge in [0.1, 0.15) is 5.69 Å². The molecule has 14 heavy (non-hydrogen) atoms. The number of methoxy groups -OCH3 is 1. The molecule has 0 aromatic carbocycles. The maximum atomic E-state index is 5.12. The standard InChI is InChI=1S/C10H15BrN2O/c1-3-8(11)4-5-9-10(14-2)13-7-6-12-9/h6-8H,3-5H2,1-2H3. The third-order valence-electron chi connectivity index (χ3n) is 2.07. The molecule has 0 N–H and O–H groups in total. The number of halogens is 1. The van der Waals surface area contributed by atoms with Crippen LogP contribution in [-0.4, -0.2) is 21.9 Å². The van der Waals surface area contributed by atoms with Crippen molar-refractivity contribution in [2.24, 2.45) is 0 Å². The number of hydrogen-bond acceptors (Lipinski definition) is 3. The quantitative estimate of drug-likeness (QED) is 0.762. The molecule has 1 atom stereocenters. The Morgan fingerprint density at radius 2 is 2.14 bits per heavy atom. The van der Waals surface area contributed by atoms with Gasteiger partial charge in [-0.25, -0.2) is 4.98 Å². The summed E-state index contributed by atoms with van der Waals surface area (Å²) in [6.45, 7) is 2.16. The number of alkyl halides is 1. The average Bonchev–Trinajstić information content (AvgIpc) is 2.26. The van der Waals surface area contributed by atoms with Gasteiger partial charge in [-0.2, -0.15) is 0 Å². The summed E-state index contributed by atoms with van der Waals surface area (Å²) in [4.78, 5) is 8.90. The minimum absolute atomic E-state index is 0.550. The van der Waals surface area contributed by atoms with Gasteiger partial charge in [-0.1, -0.05) is 22.9 Å². The van der Waals surface area contributed by atoms with Gasteiger partial charge in [-0.05, 0) is 19.3 Å². The van der Waals surface area contributed by atoms with Crippen LogP contribution in [0.2, 0.25) is 0 Å². The molecule has 0 aliphatic carbocycles. The molecule has 0 aliphatic heterocycles. The number of aromatic nitrogens is 2. The van der Waals surface area contributed by atoms with Crippen molar-refractivity contribution in [3.63, 3.8) is 0 Å². The second kappa shape index (κ2) is 5.96. The Hall–Kier alpha value is -0.640. The van der Waals surface area contributed by atoms with E-state index < -0.39 is 0 Å². The number of nitrogens with zero attached hydrogens (tertiary/aromatic N) is 2. The van der Waals surface area contributed by atoms with Crippen LogP contribution in [0.1, 0.15) is 25.5 Å². The highest BCUT2D eigenvalue weighted by Crippen LogP contribution is 2.17. The second-order valence-electron chi connectivity index (χ2n) is 3.06. The third kappa shape index (κ3) is 3.25. The van der Waals surface area contributed by atoms with Crippen molar-refractivity contribution in [1.82, 2.24) is 9.97 Å². The third-order valence-corrected chi connectivity index (χ3v) is 3.17. The normalized spacial score (nSPS) is 12.5. The van der Waals surface area contributed by atoms with Crippen molar-refractivity contribution < 1.29 is 4.74 Å². The van der Waals surface area contributed by atoms with Crippen molar-refractivity contribution in [3.8, 4) is 5.88 Å². The summed E-state index contributed by atoms with van der Waals surface area (Å²) >= 11 is 3.59. The summed E-state index contributed by atoms with van der Waals surface area (Å²) in [5.41, 5.74) is 0.938. The van der Waals surface area contributed by atoms with E-state index >= 15 is 0 Å². The molecule has 78 valence electrons. The van der Waals surface area contributed by atoms with Gasteiger partial charge in [-0.3, -0.25) is 4.98 Å². The zero-order chi connectivity index (χ0) is 10.4. The number of rotatable bonds is 5. The minimum atomic E-state index is 0.550. The lowest BCUT2D eigenvalue weighted by Crippen LogP contribution is -2.02. The Morgan fingerprint density at radius 3 is 2.79 bits per heavy atom. The number of aryl methyl sites for hydroxylation is 1. The molecule has 1 aromatic heterocycles. The van der Waals surface area contributed by atoms with Crippen LogP contribution in [0, 0.1) is 0 Å². The van der Waals surface area contributed by atoms with E-state index in [-0.39, 0.29) is 0 Å².